The van der Waals surface area contributed by atoms with E-state index in [0.717, 1.165) is 28.9 Å². The molecule has 0 saturated carbocycles. The first-order valence-corrected chi connectivity index (χ1v) is 7.56. The largest absolute Gasteiger partial charge is 0.396 e. The van der Waals surface area contributed by atoms with Gasteiger partial charge in [0, 0.05) is 24.5 Å². The maximum absolute atomic E-state index is 6.42. The number of hydrogen-bond donors (Lipinski definition) is 2. The molecule has 3 N–H and O–H groups in total. The Labute approximate surface area is 132 Å². The average molecular weight is 293 g/mol. The lowest BCUT2D eigenvalue weighted by molar-refractivity contribution is 1.13. The van der Waals surface area contributed by atoms with Crippen LogP contribution >= 0.6 is 0 Å². The maximum Gasteiger partial charge on any atom is 0.0935 e. The zero-order valence-corrected chi connectivity index (χ0v) is 13.4. The Bertz CT molecular complexity index is 682. The van der Waals surface area contributed by atoms with Crippen molar-refractivity contribution in [3.63, 3.8) is 0 Å². The van der Waals surface area contributed by atoms with Crippen molar-refractivity contribution < 1.29 is 0 Å². The van der Waals surface area contributed by atoms with E-state index in [9.17, 15) is 0 Å². The van der Waals surface area contributed by atoms with Crippen molar-refractivity contribution in [1.82, 2.24) is 0 Å². The molecule has 0 amide bonds. The summed E-state index contributed by atoms with van der Waals surface area (Å²) in [6.07, 6.45) is 2.74. The molecule has 0 saturated heterocycles. The number of rotatable bonds is 5. The molecule has 0 aliphatic carbocycles. The molecule has 0 atom stereocenters. The van der Waals surface area contributed by atoms with E-state index in [1.165, 1.54) is 5.56 Å². The van der Waals surface area contributed by atoms with Crippen molar-refractivity contribution in [3.8, 4) is 0 Å². The number of nitrogens with zero attached hydrogens (tertiary/aromatic N) is 1. The summed E-state index contributed by atoms with van der Waals surface area (Å²) in [5.74, 6) is 0. The molecular weight excluding hydrogens is 270 g/mol. The fraction of sp³-hybridized carbons (Fsp3) is 0.211. The van der Waals surface area contributed by atoms with E-state index < -0.39 is 0 Å². The van der Waals surface area contributed by atoms with Crippen molar-refractivity contribution in [2.45, 2.75) is 20.3 Å². The number of nitrogens with two attached hydrogens (primary N) is 1. The lowest BCUT2D eigenvalue weighted by Gasteiger charge is -2.12. The van der Waals surface area contributed by atoms with E-state index in [0.29, 0.717) is 5.70 Å². The molecular formula is C19H23N3. The fourth-order valence-electron chi connectivity index (χ4n) is 2.43. The zero-order valence-electron chi connectivity index (χ0n) is 13.4. The van der Waals surface area contributed by atoms with Crippen LogP contribution in [0.25, 0.3) is 11.4 Å². The normalized spacial score (nSPS) is 12.3. The van der Waals surface area contributed by atoms with Crippen LogP contribution in [-0.4, -0.2) is 13.3 Å². The molecule has 0 aliphatic heterocycles. The van der Waals surface area contributed by atoms with Crippen molar-refractivity contribution in [1.29, 1.82) is 0 Å². The Morgan fingerprint density at radius 3 is 2.41 bits per heavy atom. The fourth-order valence-corrected chi connectivity index (χ4v) is 2.43. The maximum atomic E-state index is 6.42. The topological polar surface area (TPSA) is 50.4 Å². The van der Waals surface area contributed by atoms with Gasteiger partial charge < -0.3 is 11.1 Å². The molecule has 2 rings (SSSR count). The quantitative estimate of drug-likeness (QED) is 0.642. The van der Waals surface area contributed by atoms with E-state index in [1.807, 2.05) is 50.4 Å². The molecule has 0 fully saturated rings. The number of nitrogens with one attached hydrogen (secondary N) is 1. The van der Waals surface area contributed by atoms with Crippen molar-refractivity contribution in [2.24, 2.45) is 10.7 Å². The van der Waals surface area contributed by atoms with E-state index in [2.05, 4.69) is 29.4 Å². The summed E-state index contributed by atoms with van der Waals surface area (Å²) in [4.78, 5) is 4.54. The molecule has 0 aliphatic rings. The van der Waals surface area contributed by atoms with Gasteiger partial charge in [0.05, 0.1) is 11.4 Å². The highest BCUT2D eigenvalue weighted by Gasteiger charge is 2.11. The standard InChI is InChI=1S/C19H23N3/c1-4-14-8-6-7-9-17(14)19(22-5-2)18(20)15-10-12-16(21-3)13-11-15/h5-13,21H,4,20H2,1-3H3/b19-18-,22-5-. The second-order valence-electron chi connectivity index (χ2n) is 4.99. The summed E-state index contributed by atoms with van der Waals surface area (Å²) in [7, 11) is 1.90. The Kier molecular flexibility index (Phi) is 5.37. The molecule has 0 heterocycles. The van der Waals surface area contributed by atoms with Gasteiger partial charge in [-0.1, -0.05) is 43.3 Å². The van der Waals surface area contributed by atoms with Crippen molar-refractivity contribution in [2.75, 3.05) is 12.4 Å². The number of aliphatic imine (C=N–C) groups is 1. The summed E-state index contributed by atoms with van der Waals surface area (Å²) in [6, 6.07) is 16.3. The van der Waals surface area contributed by atoms with E-state index in [1.54, 1.807) is 6.21 Å². The highest BCUT2D eigenvalue weighted by atomic mass is 14.8. The first kappa shape index (κ1) is 15.8. The van der Waals surface area contributed by atoms with Crippen LogP contribution in [0, 0.1) is 0 Å². The van der Waals surface area contributed by atoms with Gasteiger partial charge in [0.2, 0.25) is 0 Å². The lowest BCUT2D eigenvalue weighted by atomic mass is 9.99. The van der Waals surface area contributed by atoms with E-state index >= 15 is 0 Å². The van der Waals surface area contributed by atoms with Crippen LogP contribution in [0.3, 0.4) is 0 Å². The minimum atomic E-state index is 0.696. The molecule has 0 aromatic heterocycles. The van der Waals surface area contributed by atoms with E-state index in [4.69, 9.17) is 5.73 Å². The highest BCUT2D eigenvalue weighted by molar-refractivity contribution is 5.92. The minimum absolute atomic E-state index is 0.696. The third-order valence-corrected chi connectivity index (χ3v) is 3.65. The Hall–Kier alpha value is -2.55. The summed E-state index contributed by atoms with van der Waals surface area (Å²) in [6.45, 7) is 4.05. The predicted molar refractivity (Wildman–Crippen MR) is 97.0 cm³/mol. The molecule has 0 radical (unpaired) electrons. The van der Waals surface area contributed by atoms with Gasteiger partial charge in [-0.2, -0.15) is 0 Å². The summed E-state index contributed by atoms with van der Waals surface area (Å²) >= 11 is 0. The Morgan fingerprint density at radius 2 is 1.82 bits per heavy atom. The summed E-state index contributed by atoms with van der Waals surface area (Å²) in [5.41, 5.74) is 12.3. The number of benzene rings is 2. The van der Waals surface area contributed by atoms with Crippen LogP contribution in [0.2, 0.25) is 0 Å². The smallest absolute Gasteiger partial charge is 0.0935 e. The monoisotopic (exact) mass is 293 g/mol. The third-order valence-electron chi connectivity index (χ3n) is 3.65. The van der Waals surface area contributed by atoms with Crippen molar-refractivity contribution >= 4 is 23.3 Å². The van der Waals surface area contributed by atoms with Crippen LogP contribution in [0.1, 0.15) is 30.5 Å². The molecule has 114 valence electrons. The van der Waals surface area contributed by atoms with Gasteiger partial charge in [-0.05, 0) is 36.6 Å². The first-order valence-electron chi connectivity index (χ1n) is 7.56. The van der Waals surface area contributed by atoms with Gasteiger partial charge in [0.25, 0.3) is 0 Å². The number of hydrogen-bond acceptors (Lipinski definition) is 3. The highest BCUT2D eigenvalue weighted by Crippen LogP contribution is 2.27. The molecule has 0 bridgehead atoms. The van der Waals surface area contributed by atoms with Gasteiger partial charge in [0.15, 0.2) is 0 Å². The summed E-state index contributed by atoms with van der Waals surface area (Å²) < 4.78 is 0. The van der Waals surface area contributed by atoms with Gasteiger partial charge >= 0.3 is 0 Å². The van der Waals surface area contributed by atoms with Crippen LogP contribution in [-0.2, 0) is 6.42 Å². The van der Waals surface area contributed by atoms with Crippen LogP contribution in [0.5, 0.6) is 0 Å². The van der Waals surface area contributed by atoms with Gasteiger partial charge in [-0.3, -0.25) is 4.99 Å². The summed E-state index contributed by atoms with van der Waals surface area (Å²) in [5, 5.41) is 3.11. The minimum Gasteiger partial charge on any atom is -0.396 e. The number of anilines is 1. The molecule has 0 unspecified atom stereocenters. The van der Waals surface area contributed by atoms with Gasteiger partial charge in [-0.25, -0.2) is 0 Å². The molecule has 0 spiro atoms. The molecule has 2 aromatic carbocycles. The second kappa shape index (κ2) is 7.46. The van der Waals surface area contributed by atoms with Crippen molar-refractivity contribution in [3.05, 3.63) is 65.2 Å². The average Bonchev–Trinajstić information content (AvgIpc) is 2.59. The lowest BCUT2D eigenvalue weighted by Crippen LogP contribution is -2.03. The predicted octanol–water partition coefficient (Wildman–Crippen LogP) is 4.17. The molecule has 3 nitrogen and oxygen atoms in total. The Morgan fingerprint density at radius 1 is 1.14 bits per heavy atom. The Balaban J connectivity index is 2.57. The first-order chi connectivity index (χ1) is 10.7. The zero-order chi connectivity index (χ0) is 15.9. The van der Waals surface area contributed by atoms with Gasteiger partial charge in [0.1, 0.15) is 0 Å². The molecule has 3 heteroatoms. The second-order valence-corrected chi connectivity index (χ2v) is 4.99. The van der Waals surface area contributed by atoms with Crippen LogP contribution in [0.4, 0.5) is 5.69 Å². The molecule has 22 heavy (non-hydrogen) atoms. The van der Waals surface area contributed by atoms with Crippen LogP contribution < -0.4 is 11.1 Å². The SMILES string of the molecule is C/C=N\C(=C(/N)c1ccc(NC)cc1)c1ccccc1CC. The van der Waals surface area contributed by atoms with Gasteiger partial charge in [-0.15, -0.1) is 0 Å². The van der Waals surface area contributed by atoms with E-state index in [-0.39, 0.29) is 0 Å². The number of aryl methyl sites for hydroxylation is 1. The third kappa shape index (κ3) is 3.37. The van der Waals surface area contributed by atoms with Crippen LogP contribution in [0.15, 0.2) is 53.5 Å². The molecule has 2 aromatic rings.